The van der Waals surface area contributed by atoms with Crippen molar-refractivity contribution >= 4 is 0 Å². The molecule has 1 aromatic rings. The number of rotatable bonds is 2. The lowest BCUT2D eigenvalue weighted by Gasteiger charge is -2.30. The number of hydrogen-bond donors (Lipinski definition) is 1. The normalized spacial score (nSPS) is 28.0. The van der Waals surface area contributed by atoms with E-state index < -0.39 is 0 Å². The Hall–Kier alpha value is -0.860. The van der Waals surface area contributed by atoms with E-state index >= 15 is 0 Å². The summed E-state index contributed by atoms with van der Waals surface area (Å²) >= 11 is 0. The van der Waals surface area contributed by atoms with Gasteiger partial charge in [-0.1, -0.05) is 24.3 Å². The second-order valence-corrected chi connectivity index (χ2v) is 5.88. The van der Waals surface area contributed by atoms with Gasteiger partial charge in [-0.25, -0.2) is 0 Å². The zero-order valence-corrected chi connectivity index (χ0v) is 10.7. The quantitative estimate of drug-likeness (QED) is 0.845. The molecule has 0 radical (unpaired) electrons. The molecular formula is C15H22N2. The molecule has 0 amide bonds. The van der Waals surface area contributed by atoms with Crippen LogP contribution in [0.4, 0.5) is 0 Å². The molecule has 2 fully saturated rings. The third-order valence-corrected chi connectivity index (χ3v) is 4.37. The number of piperidine rings is 1. The van der Waals surface area contributed by atoms with Crippen molar-refractivity contribution < 1.29 is 0 Å². The van der Waals surface area contributed by atoms with E-state index in [1.807, 2.05) is 0 Å². The standard InChI is InChI=1S/C15H22N2/c1-17-10-2-3-13(11-17)12-4-6-14(7-5-12)15(16)8-9-15/h4-7,13H,2-3,8-11,16H2,1H3. The van der Waals surface area contributed by atoms with E-state index in [9.17, 15) is 0 Å². The van der Waals surface area contributed by atoms with Gasteiger partial charge in [-0.3, -0.25) is 0 Å². The Morgan fingerprint density at radius 1 is 1.24 bits per heavy atom. The summed E-state index contributed by atoms with van der Waals surface area (Å²) in [6.45, 7) is 2.45. The first-order chi connectivity index (χ1) is 8.17. The highest BCUT2D eigenvalue weighted by Crippen LogP contribution is 2.42. The molecule has 2 N–H and O–H groups in total. The van der Waals surface area contributed by atoms with Crippen LogP contribution in [0.3, 0.4) is 0 Å². The SMILES string of the molecule is CN1CCCC(c2ccc(C3(N)CC3)cc2)C1. The molecule has 0 spiro atoms. The van der Waals surface area contributed by atoms with Gasteiger partial charge >= 0.3 is 0 Å². The molecular weight excluding hydrogens is 208 g/mol. The molecule has 1 aliphatic heterocycles. The summed E-state index contributed by atoms with van der Waals surface area (Å²) < 4.78 is 0. The Kier molecular flexibility index (Phi) is 2.72. The van der Waals surface area contributed by atoms with Crippen LogP contribution in [-0.2, 0) is 5.54 Å². The van der Waals surface area contributed by atoms with Gasteiger partial charge in [-0.05, 0) is 56.3 Å². The van der Waals surface area contributed by atoms with Crippen LogP contribution in [0, 0.1) is 0 Å². The van der Waals surface area contributed by atoms with Gasteiger partial charge in [-0.15, -0.1) is 0 Å². The molecule has 3 rings (SSSR count). The molecule has 1 aliphatic carbocycles. The van der Waals surface area contributed by atoms with Crippen LogP contribution < -0.4 is 5.73 Å². The molecule has 0 bridgehead atoms. The monoisotopic (exact) mass is 230 g/mol. The molecule has 1 aromatic carbocycles. The Bertz CT molecular complexity index is 392. The van der Waals surface area contributed by atoms with E-state index in [0.717, 1.165) is 18.8 Å². The number of hydrogen-bond acceptors (Lipinski definition) is 2. The lowest BCUT2D eigenvalue weighted by atomic mass is 9.89. The molecule has 1 unspecified atom stereocenters. The Morgan fingerprint density at radius 3 is 2.53 bits per heavy atom. The summed E-state index contributed by atoms with van der Waals surface area (Å²) in [6.07, 6.45) is 4.96. The molecule has 2 heteroatoms. The van der Waals surface area contributed by atoms with Crippen LogP contribution >= 0.6 is 0 Å². The molecule has 2 nitrogen and oxygen atoms in total. The van der Waals surface area contributed by atoms with E-state index in [1.165, 1.54) is 37.1 Å². The maximum atomic E-state index is 6.21. The largest absolute Gasteiger partial charge is 0.321 e. The molecule has 1 saturated heterocycles. The number of nitrogens with two attached hydrogens (primary N) is 1. The molecule has 1 atom stereocenters. The van der Waals surface area contributed by atoms with Gasteiger partial charge in [0.15, 0.2) is 0 Å². The second-order valence-electron chi connectivity index (χ2n) is 5.88. The summed E-state index contributed by atoms with van der Waals surface area (Å²) in [5.74, 6) is 0.718. The van der Waals surface area contributed by atoms with Gasteiger partial charge in [0, 0.05) is 12.1 Å². The Labute approximate surface area is 104 Å². The number of likely N-dealkylation sites (N-methyl/N-ethyl adjacent to an activating group) is 1. The fourth-order valence-corrected chi connectivity index (χ4v) is 2.95. The van der Waals surface area contributed by atoms with Gasteiger partial charge in [-0.2, -0.15) is 0 Å². The third-order valence-electron chi connectivity index (χ3n) is 4.37. The van der Waals surface area contributed by atoms with Crippen molar-refractivity contribution in [3.05, 3.63) is 35.4 Å². The average molecular weight is 230 g/mol. The minimum absolute atomic E-state index is 0.0158. The fourth-order valence-electron chi connectivity index (χ4n) is 2.95. The second kappa shape index (κ2) is 4.11. The minimum Gasteiger partial charge on any atom is -0.321 e. The molecule has 17 heavy (non-hydrogen) atoms. The van der Waals surface area contributed by atoms with Gasteiger partial charge in [0.1, 0.15) is 0 Å². The van der Waals surface area contributed by atoms with Crippen LogP contribution in [-0.4, -0.2) is 25.0 Å². The first kappa shape index (κ1) is 11.2. The van der Waals surface area contributed by atoms with Crippen LogP contribution in [0.15, 0.2) is 24.3 Å². The van der Waals surface area contributed by atoms with E-state index in [1.54, 1.807) is 0 Å². The van der Waals surface area contributed by atoms with Crippen LogP contribution in [0.5, 0.6) is 0 Å². The maximum Gasteiger partial charge on any atom is 0.0411 e. The van der Waals surface area contributed by atoms with Gasteiger partial charge < -0.3 is 10.6 Å². The van der Waals surface area contributed by atoms with Crippen LogP contribution in [0.2, 0.25) is 0 Å². The molecule has 92 valence electrons. The lowest BCUT2D eigenvalue weighted by molar-refractivity contribution is 0.251. The molecule has 2 aliphatic rings. The first-order valence-corrected chi connectivity index (χ1v) is 6.75. The highest BCUT2D eigenvalue weighted by molar-refractivity contribution is 5.33. The summed E-state index contributed by atoms with van der Waals surface area (Å²) in [6, 6.07) is 9.09. The highest BCUT2D eigenvalue weighted by atomic mass is 15.1. The summed E-state index contributed by atoms with van der Waals surface area (Å²) in [4.78, 5) is 2.44. The van der Waals surface area contributed by atoms with Crippen molar-refractivity contribution in [1.29, 1.82) is 0 Å². The Morgan fingerprint density at radius 2 is 1.94 bits per heavy atom. The van der Waals surface area contributed by atoms with Gasteiger partial charge in [0.05, 0.1) is 0 Å². The number of likely N-dealkylation sites (tertiary alicyclic amines) is 1. The van der Waals surface area contributed by atoms with Crippen molar-refractivity contribution in [3.63, 3.8) is 0 Å². The highest BCUT2D eigenvalue weighted by Gasteiger charge is 2.39. The molecule has 1 heterocycles. The Balaban J connectivity index is 1.75. The summed E-state index contributed by atoms with van der Waals surface area (Å²) in [7, 11) is 2.22. The van der Waals surface area contributed by atoms with Gasteiger partial charge in [0.25, 0.3) is 0 Å². The third kappa shape index (κ3) is 2.24. The molecule has 0 aromatic heterocycles. The van der Waals surface area contributed by atoms with Crippen LogP contribution in [0.1, 0.15) is 42.7 Å². The van der Waals surface area contributed by atoms with Crippen molar-refractivity contribution in [2.45, 2.75) is 37.1 Å². The number of nitrogens with zero attached hydrogens (tertiary/aromatic N) is 1. The van der Waals surface area contributed by atoms with E-state index in [2.05, 4.69) is 36.2 Å². The fraction of sp³-hybridized carbons (Fsp3) is 0.600. The topological polar surface area (TPSA) is 29.3 Å². The smallest absolute Gasteiger partial charge is 0.0411 e. The zero-order chi connectivity index (χ0) is 11.9. The number of benzene rings is 1. The lowest BCUT2D eigenvalue weighted by Crippen LogP contribution is -2.30. The van der Waals surface area contributed by atoms with Gasteiger partial charge in [0.2, 0.25) is 0 Å². The summed E-state index contributed by atoms with van der Waals surface area (Å²) in [5, 5.41) is 0. The van der Waals surface area contributed by atoms with Crippen molar-refractivity contribution in [1.82, 2.24) is 4.90 Å². The zero-order valence-electron chi connectivity index (χ0n) is 10.7. The van der Waals surface area contributed by atoms with Crippen molar-refractivity contribution in [2.24, 2.45) is 5.73 Å². The predicted molar refractivity (Wildman–Crippen MR) is 71.0 cm³/mol. The van der Waals surface area contributed by atoms with E-state index in [4.69, 9.17) is 5.73 Å². The maximum absolute atomic E-state index is 6.21. The summed E-state index contributed by atoms with van der Waals surface area (Å²) in [5.41, 5.74) is 9.04. The van der Waals surface area contributed by atoms with Crippen molar-refractivity contribution in [2.75, 3.05) is 20.1 Å². The minimum atomic E-state index is 0.0158. The van der Waals surface area contributed by atoms with E-state index in [0.29, 0.717) is 0 Å². The first-order valence-electron chi connectivity index (χ1n) is 6.75. The molecule has 1 saturated carbocycles. The predicted octanol–water partition coefficient (Wildman–Crippen LogP) is 2.44. The van der Waals surface area contributed by atoms with Crippen molar-refractivity contribution in [3.8, 4) is 0 Å². The van der Waals surface area contributed by atoms with E-state index in [-0.39, 0.29) is 5.54 Å². The average Bonchev–Trinajstić information content (AvgIpc) is 3.09. The van der Waals surface area contributed by atoms with Crippen LogP contribution in [0.25, 0.3) is 0 Å².